The van der Waals surface area contributed by atoms with E-state index in [0.29, 0.717) is 0 Å². The number of amides is 1. The summed E-state index contributed by atoms with van der Waals surface area (Å²) in [5.41, 5.74) is 2.24. The van der Waals surface area contributed by atoms with Gasteiger partial charge in [-0.05, 0) is 49.6 Å². The van der Waals surface area contributed by atoms with Crippen molar-refractivity contribution in [1.29, 1.82) is 0 Å². The molecule has 0 spiro atoms. The number of hydrogen-bond donors (Lipinski definition) is 1. The van der Waals surface area contributed by atoms with Crippen molar-refractivity contribution in [3.63, 3.8) is 0 Å². The van der Waals surface area contributed by atoms with E-state index in [2.05, 4.69) is 18.8 Å². The van der Waals surface area contributed by atoms with Crippen LogP contribution in [0.4, 0.5) is 13.2 Å². The highest BCUT2D eigenvalue weighted by atomic mass is 32.2. The van der Waals surface area contributed by atoms with Crippen molar-refractivity contribution in [2.45, 2.75) is 55.1 Å². The molecule has 0 fully saturated rings. The molecule has 0 saturated heterocycles. The number of carbonyl (C=O) groups excluding carboxylic acids is 1. The molecule has 38 heavy (non-hydrogen) atoms. The van der Waals surface area contributed by atoms with Crippen LogP contribution in [0, 0.1) is 11.8 Å². The molecule has 1 aromatic heterocycles. The Morgan fingerprint density at radius 2 is 1.79 bits per heavy atom. The predicted octanol–water partition coefficient (Wildman–Crippen LogP) is 5.87. The number of thioether (sulfide) groups is 1. The first-order valence-corrected chi connectivity index (χ1v) is 13.1. The maximum atomic E-state index is 13.9. The second kappa shape index (κ2) is 9.59. The quantitative estimate of drug-likeness (QED) is 0.415. The first-order valence-electron chi connectivity index (χ1n) is 12.2. The van der Waals surface area contributed by atoms with E-state index in [-0.39, 0.29) is 11.8 Å². The summed E-state index contributed by atoms with van der Waals surface area (Å²) in [5, 5.41) is 10.7. The molecule has 4 atom stereocenters. The molecule has 5 rings (SSSR count). The van der Waals surface area contributed by atoms with Crippen molar-refractivity contribution in [1.82, 2.24) is 9.47 Å². The number of carbonyl (C=O) groups is 1. The van der Waals surface area contributed by atoms with E-state index in [0.717, 1.165) is 45.0 Å². The Kier molecular flexibility index (Phi) is 6.56. The summed E-state index contributed by atoms with van der Waals surface area (Å²) in [6.45, 7) is 4.44. The zero-order valence-corrected chi connectivity index (χ0v) is 21.7. The number of aromatic hydroxyl groups is 1. The molecule has 3 aromatic rings. The smallest absolute Gasteiger partial charge is 0.408 e. The normalized spacial score (nSPS) is 21.4. The van der Waals surface area contributed by atoms with Crippen LogP contribution in [-0.4, -0.2) is 39.2 Å². The molecule has 0 radical (unpaired) electrons. The summed E-state index contributed by atoms with van der Waals surface area (Å²) >= 11 is 1.65. The van der Waals surface area contributed by atoms with Crippen molar-refractivity contribution in [3.05, 3.63) is 92.9 Å². The molecule has 2 aliphatic rings. The zero-order valence-electron chi connectivity index (χ0n) is 20.9. The lowest BCUT2D eigenvalue weighted by Crippen LogP contribution is -2.54. The molecule has 0 bridgehead atoms. The minimum Gasteiger partial charge on any atom is -0.503 e. The van der Waals surface area contributed by atoms with Crippen LogP contribution in [0.3, 0.4) is 0 Å². The van der Waals surface area contributed by atoms with Gasteiger partial charge in [-0.2, -0.15) is 13.2 Å². The molecule has 1 amide bonds. The number of nitrogens with zero attached hydrogens (tertiary/aromatic N) is 2. The highest BCUT2D eigenvalue weighted by Gasteiger charge is 2.48. The Labute approximate surface area is 222 Å². The highest BCUT2D eigenvalue weighted by molar-refractivity contribution is 7.99. The summed E-state index contributed by atoms with van der Waals surface area (Å²) in [7, 11) is 0. The van der Waals surface area contributed by atoms with Gasteiger partial charge in [-0.3, -0.25) is 9.59 Å². The third kappa shape index (κ3) is 4.17. The minimum atomic E-state index is -4.70. The largest absolute Gasteiger partial charge is 0.503 e. The molecule has 3 heterocycles. The number of alkyl halides is 3. The van der Waals surface area contributed by atoms with Gasteiger partial charge in [-0.1, -0.05) is 36.3 Å². The highest BCUT2D eigenvalue weighted by Crippen LogP contribution is 2.52. The van der Waals surface area contributed by atoms with Gasteiger partial charge >= 0.3 is 6.18 Å². The summed E-state index contributed by atoms with van der Waals surface area (Å²) in [6, 6.07) is 11.8. The number of rotatable bonds is 2. The van der Waals surface area contributed by atoms with Gasteiger partial charge in [0, 0.05) is 40.4 Å². The van der Waals surface area contributed by atoms with Crippen molar-refractivity contribution >= 4 is 17.7 Å². The number of aromatic nitrogens is 1. The molecule has 2 aliphatic heterocycles. The Morgan fingerprint density at radius 1 is 1.08 bits per heavy atom. The van der Waals surface area contributed by atoms with Crippen molar-refractivity contribution in [2.75, 3.05) is 6.54 Å². The molecule has 196 valence electrons. The Morgan fingerprint density at radius 3 is 2.50 bits per heavy atom. The van der Waals surface area contributed by atoms with Crippen LogP contribution in [-0.2, 0) is 0 Å². The third-order valence-corrected chi connectivity index (χ3v) is 8.57. The maximum absolute atomic E-state index is 13.9. The van der Waals surface area contributed by atoms with Gasteiger partial charge in [-0.15, -0.1) is 17.7 Å². The fourth-order valence-electron chi connectivity index (χ4n) is 5.50. The second-order valence-corrected chi connectivity index (χ2v) is 10.9. The van der Waals surface area contributed by atoms with Crippen LogP contribution in [0.15, 0.2) is 64.4 Å². The van der Waals surface area contributed by atoms with E-state index in [1.807, 2.05) is 42.5 Å². The lowest BCUT2D eigenvalue weighted by atomic mass is 9.78. The topological polar surface area (TPSA) is 62.5 Å². The Bertz CT molecular complexity index is 1550. The molecule has 1 N–H and O–H groups in total. The molecular formula is C29H25F3N2O3S. The molecular weight excluding hydrogens is 513 g/mol. The third-order valence-electron chi connectivity index (χ3n) is 7.34. The molecule has 2 aromatic carbocycles. The van der Waals surface area contributed by atoms with Crippen LogP contribution in [0.1, 0.15) is 70.7 Å². The van der Waals surface area contributed by atoms with Crippen LogP contribution < -0.4 is 5.43 Å². The lowest BCUT2D eigenvalue weighted by molar-refractivity contribution is -0.174. The fourth-order valence-corrected chi connectivity index (χ4v) is 6.70. The number of halogens is 3. The lowest BCUT2D eigenvalue weighted by Gasteiger charge is -2.43. The van der Waals surface area contributed by atoms with Gasteiger partial charge in [0.25, 0.3) is 5.91 Å². The molecule has 5 nitrogen and oxygen atoms in total. The molecule has 0 aliphatic carbocycles. The summed E-state index contributed by atoms with van der Waals surface area (Å²) in [6.07, 6.45) is -3.30. The first kappa shape index (κ1) is 26.0. The average Bonchev–Trinajstić information content (AvgIpc) is 3.00. The predicted molar refractivity (Wildman–Crippen MR) is 140 cm³/mol. The summed E-state index contributed by atoms with van der Waals surface area (Å²) < 4.78 is 43.3. The fraction of sp³-hybridized carbons (Fsp3) is 0.310. The van der Waals surface area contributed by atoms with E-state index in [1.165, 1.54) is 10.8 Å². The number of hydrogen-bond acceptors (Lipinski definition) is 4. The van der Waals surface area contributed by atoms with E-state index >= 15 is 0 Å². The van der Waals surface area contributed by atoms with Crippen LogP contribution in [0.25, 0.3) is 0 Å². The first-order chi connectivity index (χ1) is 18.0. The minimum absolute atomic E-state index is 0.0204. The average molecular weight is 539 g/mol. The van der Waals surface area contributed by atoms with Gasteiger partial charge in [0.1, 0.15) is 6.04 Å². The van der Waals surface area contributed by atoms with Crippen LogP contribution in [0.2, 0.25) is 0 Å². The SMILES string of the molecule is CC#Cc1cccc2c1[C@H](C1CN([C@H](C)C(F)(F)F)C(=O)c3c(O)c(=O)ccn31)c1ccccc1SC2C. The van der Waals surface area contributed by atoms with E-state index in [9.17, 15) is 27.9 Å². The van der Waals surface area contributed by atoms with E-state index in [1.54, 1.807) is 18.7 Å². The van der Waals surface area contributed by atoms with Crippen LogP contribution >= 0.6 is 11.8 Å². The number of pyridine rings is 1. The van der Waals surface area contributed by atoms with Gasteiger partial charge < -0.3 is 14.6 Å². The zero-order chi connectivity index (χ0) is 27.4. The second-order valence-electron chi connectivity index (χ2n) is 9.49. The van der Waals surface area contributed by atoms with Gasteiger partial charge in [0.05, 0.1) is 6.04 Å². The summed E-state index contributed by atoms with van der Waals surface area (Å²) in [4.78, 5) is 27.4. The van der Waals surface area contributed by atoms with Gasteiger partial charge in [0.2, 0.25) is 5.43 Å². The standard InChI is InChI=1S/C29H25F3N2O3S/c1-4-8-18-9-7-11-19-16(2)38-23-12-6-5-10-20(23)25(24(18)19)21-15-34(17(3)29(30,31)32)28(37)26-27(36)22(35)13-14-33(21)26/h5-7,9-14,16-17,21,25,36H,15H2,1-3H3/t16?,17-,21?,25+/m1/s1. The van der Waals surface area contributed by atoms with Crippen LogP contribution in [0.5, 0.6) is 5.75 Å². The van der Waals surface area contributed by atoms with Crippen molar-refractivity contribution < 1.29 is 23.1 Å². The monoisotopic (exact) mass is 538 g/mol. The number of fused-ring (bicyclic) bond motifs is 3. The van der Waals surface area contributed by atoms with E-state index < -0.39 is 47.0 Å². The van der Waals surface area contributed by atoms with Crippen molar-refractivity contribution in [3.8, 4) is 17.6 Å². The van der Waals surface area contributed by atoms with E-state index in [4.69, 9.17) is 0 Å². The maximum Gasteiger partial charge on any atom is 0.408 e. The molecule has 2 unspecified atom stereocenters. The van der Waals surface area contributed by atoms with Crippen molar-refractivity contribution in [2.24, 2.45) is 0 Å². The summed E-state index contributed by atoms with van der Waals surface area (Å²) in [5.74, 6) is 3.71. The Balaban J connectivity index is 1.85. The number of benzene rings is 2. The van der Waals surface area contributed by atoms with Gasteiger partial charge in [0.15, 0.2) is 11.4 Å². The Hall–Kier alpha value is -3.64. The van der Waals surface area contributed by atoms with Gasteiger partial charge in [-0.25, -0.2) is 0 Å². The molecule has 0 saturated carbocycles. The molecule has 9 heteroatoms.